The van der Waals surface area contributed by atoms with Crippen LogP contribution in [0.4, 0.5) is 0 Å². The average Bonchev–Trinajstić information content (AvgIpc) is 3.15. The fourth-order valence-corrected chi connectivity index (χ4v) is 3.20. The fourth-order valence-electron chi connectivity index (χ4n) is 3.20. The van der Waals surface area contributed by atoms with Gasteiger partial charge < -0.3 is 10.2 Å². The number of pyridine rings is 1. The number of hydrogen-bond donors (Lipinski definition) is 1. The number of aryl methyl sites for hydroxylation is 1. The lowest BCUT2D eigenvalue weighted by Crippen LogP contribution is -2.43. The van der Waals surface area contributed by atoms with E-state index in [9.17, 15) is 9.59 Å². The number of carbonyl (C=O) groups excluding carboxylic acids is 2. The van der Waals surface area contributed by atoms with Crippen molar-refractivity contribution in [1.29, 1.82) is 0 Å². The Morgan fingerprint density at radius 2 is 2.12 bits per heavy atom. The van der Waals surface area contributed by atoms with Crippen molar-refractivity contribution in [3.05, 3.63) is 30.2 Å². The van der Waals surface area contributed by atoms with Crippen molar-refractivity contribution >= 4 is 17.5 Å². The van der Waals surface area contributed by atoms with Gasteiger partial charge >= 0.3 is 0 Å². The lowest BCUT2D eigenvalue weighted by atomic mass is 10.1. The van der Waals surface area contributed by atoms with Gasteiger partial charge in [0.1, 0.15) is 5.82 Å². The summed E-state index contributed by atoms with van der Waals surface area (Å²) in [6.07, 6.45) is 3.76. The fraction of sp³-hybridized carbons (Fsp3) is 0.556. The van der Waals surface area contributed by atoms with Gasteiger partial charge in [0.2, 0.25) is 11.8 Å². The van der Waals surface area contributed by atoms with E-state index in [0.29, 0.717) is 19.5 Å². The van der Waals surface area contributed by atoms with Gasteiger partial charge in [0.15, 0.2) is 5.65 Å². The Morgan fingerprint density at radius 1 is 1.32 bits per heavy atom. The van der Waals surface area contributed by atoms with Gasteiger partial charge in [-0.3, -0.25) is 14.0 Å². The van der Waals surface area contributed by atoms with Gasteiger partial charge in [0.25, 0.3) is 0 Å². The van der Waals surface area contributed by atoms with Gasteiger partial charge in [-0.25, -0.2) is 0 Å². The van der Waals surface area contributed by atoms with Crippen LogP contribution in [0.25, 0.3) is 5.65 Å². The molecular weight excluding hydrogens is 318 g/mol. The molecule has 1 fully saturated rings. The highest BCUT2D eigenvalue weighted by Gasteiger charge is 2.39. The zero-order valence-electron chi connectivity index (χ0n) is 15.0. The van der Waals surface area contributed by atoms with Crippen LogP contribution in [-0.2, 0) is 16.0 Å². The molecular formula is C18H25N5O2. The van der Waals surface area contributed by atoms with Crippen LogP contribution in [0.1, 0.15) is 39.4 Å². The smallest absolute Gasteiger partial charge is 0.225 e. The first-order valence-electron chi connectivity index (χ1n) is 8.73. The summed E-state index contributed by atoms with van der Waals surface area (Å²) in [7, 11) is 0. The van der Waals surface area contributed by atoms with Crippen LogP contribution in [0.15, 0.2) is 24.4 Å². The van der Waals surface area contributed by atoms with Crippen LogP contribution in [0, 0.1) is 5.92 Å². The molecule has 1 aliphatic heterocycles. The molecule has 2 aromatic rings. The molecule has 0 aliphatic carbocycles. The van der Waals surface area contributed by atoms with E-state index in [1.54, 1.807) is 4.90 Å². The van der Waals surface area contributed by atoms with Crippen molar-refractivity contribution in [2.45, 2.75) is 45.6 Å². The average molecular weight is 343 g/mol. The van der Waals surface area contributed by atoms with Gasteiger partial charge in [-0.05, 0) is 39.3 Å². The van der Waals surface area contributed by atoms with E-state index in [0.717, 1.165) is 24.3 Å². The Balaban J connectivity index is 1.46. The second kappa shape index (κ2) is 6.82. The maximum Gasteiger partial charge on any atom is 0.225 e. The summed E-state index contributed by atoms with van der Waals surface area (Å²) in [6, 6.07) is 5.79. The van der Waals surface area contributed by atoms with Crippen LogP contribution in [0.2, 0.25) is 0 Å². The highest BCUT2D eigenvalue weighted by molar-refractivity contribution is 5.89. The molecule has 1 atom stereocenters. The van der Waals surface area contributed by atoms with Gasteiger partial charge in [0.05, 0.1) is 5.92 Å². The van der Waals surface area contributed by atoms with Crippen molar-refractivity contribution in [3.8, 4) is 0 Å². The molecule has 134 valence electrons. The van der Waals surface area contributed by atoms with Crippen LogP contribution in [0.3, 0.4) is 0 Å². The van der Waals surface area contributed by atoms with E-state index in [2.05, 4.69) is 15.5 Å². The molecule has 7 nitrogen and oxygen atoms in total. The Morgan fingerprint density at radius 3 is 2.84 bits per heavy atom. The van der Waals surface area contributed by atoms with Crippen molar-refractivity contribution in [3.63, 3.8) is 0 Å². The molecule has 0 radical (unpaired) electrons. The first kappa shape index (κ1) is 17.4. The number of nitrogens with zero attached hydrogens (tertiary/aromatic N) is 4. The normalized spacial score (nSPS) is 18.1. The molecule has 3 heterocycles. The van der Waals surface area contributed by atoms with Crippen molar-refractivity contribution < 1.29 is 9.59 Å². The summed E-state index contributed by atoms with van der Waals surface area (Å²) < 4.78 is 1.96. The summed E-state index contributed by atoms with van der Waals surface area (Å²) in [5.74, 6) is 0.661. The zero-order valence-corrected chi connectivity index (χ0v) is 15.0. The topological polar surface area (TPSA) is 79.6 Å². The molecule has 25 heavy (non-hydrogen) atoms. The second-order valence-corrected chi connectivity index (χ2v) is 7.52. The summed E-state index contributed by atoms with van der Waals surface area (Å²) in [5, 5.41) is 11.3. The first-order chi connectivity index (χ1) is 11.9. The van der Waals surface area contributed by atoms with Crippen molar-refractivity contribution in [2.24, 2.45) is 5.92 Å². The predicted octanol–water partition coefficient (Wildman–Crippen LogP) is 1.43. The highest BCUT2D eigenvalue weighted by Crippen LogP contribution is 2.25. The van der Waals surface area contributed by atoms with E-state index in [-0.39, 0.29) is 23.3 Å². The Bertz CT molecular complexity index is 777. The first-order valence-corrected chi connectivity index (χ1v) is 8.73. The van der Waals surface area contributed by atoms with Crippen LogP contribution >= 0.6 is 0 Å². The molecule has 3 rings (SSSR count). The molecule has 7 heteroatoms. The summed E-state index contributed by atoms with van der Waals surface area (Å²) in [5.41, 5.74) is 0.592. The minimum absolute atomic E-state index is 0.0359. The monoisotopic (exact) mass is 343 g/mol. The molecule has 1 saturated heterocycles. The molecule has 0 saturated carbocycles. The standard InChI is InChI=1S/C18H25N5O2/c1-18(2,3)23-12-13(11-16(23)24)17(25)19-9-6-8-15-21-20-14-7-4-5-10-22(14)15/h4-5,7,10,13H,6,8-9,11-12H2,1-3H3,(H,19,25)/t13-/m1/s1. The highest BCUT2D eigenvalue weighted by atomic mass is 16.2. The minimum Gasteiger partial charge on any atom is -0.356 e. The summed E-state index contributed by atoms with van der Waals surface area (Å²) in [6.45, 7) is 7.06. The molecule has 2 aromatic heterocycles. The van der Waals surface area contributed by atoms with Crippen LogP contribution in [0.5, 0.6) is 0 Å². The van der Waals surface area contributed by atoms with Gasteiger partial charge in [0, 0.05) is 37.7 Å². The Labute approximate surface area is 147 Å². The molecule has 1 aliphatic rings. The maximum atomic E-state index is 12.3. The number of fused-ring (bicyclic) bond motifs is 1. The largest absolute Gasteiger partial charge is 0.356 e. The van der Waals surface area contributed by atoms with Crippen molar-refractivity contribution in [1.82, 2.24) is 24.8 Å². The zero-order chi connectivity index (χ0) is 18.0. The number of likely N-dealkylation sites (tertiary alicyclic amines) is 1. The quantitative estimate of drug-likeness (QED) is 0.833. The number of rotatable bonds is 5. The second-order valence-electron chi connectivity index (χ2n) is 7.52. The SMILES string of the molecule is CC(C)(C)N1C[C@H](C(=O)NCCCc2nnc3ccccn23)CC1=O. The van der Waals surface area contributed by atoms with E-state index >= 15 is 0 Å². The predicted molar refractivity (Wildman–Crippen MR) is 93.9 cm³/mol. The molecule has 0 unspecified atom stereocenters. The molecule has 2 amide bonds. The van der Waals surface area contributed by atoms with Crippen molar-refractivity contribution in [2.75, 3.05) is 13.1 Å². The van der Waals surface area contributed by atoms with E-state index in [4.69, 9.17) is 0 Å². The van der Waals surface area contributed by atoms with Gasteiger partial charge in [-0.15, -0.1) is 10.2 Å². The van der Waals surface area contributed by atoms with E-state index in [1.807, 2.05) is 49.6 Å². The van der Waals surface area contributed by atoms with Gasteiger partial charge in [-0.2, -0.15) is 0 Å². The van der Waals surface area contributed by atoms with Crippen LogP contribution < -0.4 is 5.32 Å². The molecule has 1 N–H and O–H groups in total. The summed E-state index contributed by atoms with van der Waals surface area (Å²) in [4.78, 5) is 26.2. The third-order valence-electron chi connectivity index (χ3n) is 4.57. The molecule has 0 spiro atoms. The van der Waals surface area contributed by atoms with Crippen LogP contribution in [-0.4, -0.2) is 49.9 Å². The number of carbonyl (C=O) groups is 2. The lowest BCUT2D eigenvalue weighted by Gasteiger charge is -2.31. The third-order valence-corrected chi connectivity index (χ3v) is 4.57. The summed E-state index contributed by atoms with van der Waals surface area (Å²) >= 11 is 0. The number of nitrogens with one attached hydrogen (secondary N) is 1. The van der Waals surface area contributed by atoms with E-state index < -0.39 is 0 Å². The Hall–Kier alpha value is -2.44. The Kier molecular flexibility index (Phi) is 4.74. The minimum atomic E-state index is -0.249. The van der Waals surface area contributed by atoms with Gasteiger partial charge in [-0.1, -0.05) is 6.07 Å². The number of hydrogen-bond acceptors (Lipinski definition) is 4. The molecule has 0 aromatic carbocycles. The number of amides is 2. The van der Waals surface area contributed by atoms with E-state index in [1.165, 1.54) is 0 Å². The number of aromatic nitrogens is 3. The third kappa shape index (κ3) is 3.81. The maximum absolute atomic E-state index is 12.3. The lowest BCUT2D eigenvalue weighted by molar-refractivity contribution is -0.132. The molecule has 0 bridgehead atoms.